The predicted molar refractivity (Wildman–Crippen MR) is 78.6 cm³/mol. The number of hydrogen-bond donors (Lipinski definition) is 1. The largest absolute Gasteiger partial charge is 0.399 e. The summed E-state index contributed by atoms with van der Waals surface area (Å²) in [5.74, 6) is 1.91. The molecular weight excluding hydrogens is 252 g/mol. The third-order valence-corrected chi connectivity index (χ3v) is 3.67. The molecule has 0 fully saturated rings. The van der Waals surface area contributed by atoms with Crippen LogP contribution in [0.1, 0.15) is 29.8 Å². The number of benzene rings is 1. The zero-order valence-corrected chi connectivity index (χ0v) is 12.0. The number of nitrogens with zero attached hydrogens (tertiary/aromatic N) is 3. The minimum absolute atomic E-state index is 0.727. The second-order valence-corrected chi connectivity index (χ2v) is 5.02. The van der Waals surface area contributed by atoms with Gasteiger partial charge in [0.25, 0.3) is 0 Å². The maximum absolute atomic E-state index is 5.83. The molecule has 0 radical (unpaired) electrons. The number of hydrogen-bond acceptors (Lipinski definition) is 4. The van der Waals surface area contributed by atoms with E-state index in [1.54, 1.807) is 0 Å². The van der Waals surface area contributed by atoms with Gasteiger partial charge >= 0.3 is 0 Å². The Bertz CT molecular complexity index is 750. The van der Waals surface area contributed by atoms with Crippen molar-refractivity contribution in [1.29, 1.82) is 0 Å². The molecule has 0 unspecified atom stereocenters. The van der Waals surface area contributed by atoms with Crippen molar-refractivity contribution in [2.24, 2.45) is 0 Å². The highest BCUT2D eigenvalue weighted by Crippen LogP contribution is 2.23. The Balaban J connectivity index is 2.15. The molecule has 2 aromatic heterocycles. The molecule has 5 nitrogen and oxygen atoms in total. The first-order chi connectivity index (χ1) is 9.60. The van der Waals surface area contributed by atoms with E-state index in [2.05, 4.69) is 21.6 Å². The Morgan fingerprint density at radius 2 is 2.10 bits per heavy atom. The molecule has 104 valence electrons. The minimum atomic E-state index is 0.727. The number of nitrogens with two attached hydrogens (primary N) is 1. The highest BCUT2D eigenvalue weighted by atomic mass is 16.5. The highest BCUT2D eigenvalue weighted by molar-refractivity contribution is 5.79. The van der Waals surface area contributed by atoms with Crippen LogP contribution in [-0.4, -0.2) is 14.7 Å². The average Bonchev–Trinajstić information content (AvgIpc) is 2.93. The van der Waals surface area contributed by atoms with Gasteiger partial charge in [0.2, 0.25) is 0 Å². The van der Waals surface area contributed by atoms with Gasteiger partial charge in [0, 0.05) is 17.7 Å². The van der Waals surface area contributed by atoms with Gasteiger partial charge in [-0.3, -0.25) is 0 Å². The van der Waals surface area contributed by atoms with Crippen LogP contribution in [-0.2, 0) is 13.0 Å². The number of fused-ring (bicyclic) bond motifs is 1. The standard InChI is InChI=1S/C15H18N4O/c1-4-15-17-13-7-11(16)5-6-14(13)19(15)8-12-9(2)18-20-10(12)3/h5-7H,4,8,16H2,1-3H3. The minimum Gasteiger partial charge on any atom is -0.399 e. The number of nitrogen functional groups attached to an aromatic ring is 1. The summed E-state index contributed by atoms with van der Waals surface area (Å²) in [4.78, 5) is 4.66. The van der Waals surface area contributed by atoms with E-state index in [0.717, 1.165) is 52.5 Å². The van der Waals surface area contributed by atoms with E-state index in [0.29, 0.717) is 0 Å². The highest BCUT2D eigenvalue weighted by Gasteiger charge is 2.15. The third-order valence-electron chi connectivity index (χ3n) is 3.67. The zero-order valence-electron chi connectivity index (χ0n) is 12.0. The molecule has 0 spiro atoms. The maximum atomic E-state index is 5.83. The number of anilines is 1. The first kappa shape index (κ1) is 12.7. The number of aryl methyl sites for hydroxylation is 3. The van der Waals surface area contributed by atoms with Gasteiger partial charge in [-0.25, -0.2) is 4.98 Å². The Morgan fingerprint density at radius 3 is 2.75 bits per heavy atom. The Morgan fingerprint density at radius 1 is 1.30 bits per heavy atom. The first-order valence-electron chi connectivity index (χ1n) is 6.76. The van der Waals surface area contributed by atoms with Crippen LogP contribution in [0.15, 0.2) is 22.7 Å². The molecule has 0 amide bonds. The van der Waals surface area contributed by atoms with Crippen LogP contribution in [0, 0.1) is 13.8 Å². The van der Waals surface area contributed by atoms with E-state index in [1.807, 2.05) is 32.0 Å². The van der Waals surface area contributed by atoms with Gasteiger partial charge in [0.1, 0.15) is 11.6 Å². The summed E-state index contributed by atoms with van der Waals surface area (Å²) >= 11 is 0. The van der Waals surface area contributed by atoms with Crippen molar-refractivity contribution in [3.63, 3.8) is 0 Å². The molecule has 0 saturated heterocycles. The van der Waals surface area contributed by atoms with Gasteiger partial charge < -0.3 is 14.8 Å². The molecule has 0 aliphatic carbocycles. The predicted octanol–water partition coefficient (Wildman–Crippen LogP) is 2.83. The molecule has 5 heteroatoms. The molecule has 3 aromatic rings. The summed E-state index contributed by atoms with van der Waals surface area (Å²) in [6.45, 7) is 6.74. The van der Waals surface area contributed by atoms with Crippen molar-refractivity contribution in [3.05, 3.63) is 41.0 Å². The zero-order chi connectivity index (χ0) is 14.3. The summed E-state index contributed by atoms with van der Waals surface area (Å²) in [6.07, 6.45) is 0.873. The van der Waals surface area contributed by atoms with Crippen molar-refractivity contribution >= 4 is 16.7 Å². The van der Waals surface area contributed by atoms with E-state index >= 15 is 0 Å². The van der Waals surface area contributed by atoms with Gasteiger partial charge in [-0.15, -0.1) is 0 Å². The van der Waals surface area contributed by atoms with E-state index in [-0.39, 0.29) is 0 Å². The summed E-state index contributed by atoms with van der Waals surface area (Å²) in [6, 6.07) is 5.85. The van der Waals surface area contributed by atoms with Crippen LogP contribution in [0.5, 0.6) is 0 Å². The molecule has 0 saturated carbocycles. The second-order valence-electron chi connectivity index (χ2n) is 5.02. The van der Waals surface area contributed by atoms with Crippen LogP contribution >= 0.6 is 0 Å². The average molecular weight is 270 g/mol. The fourth-order valence-corrected chi connectivity index (χ4v) is 2.53. The first-order valence-corrected chi connectivity index (χ1v) is 6.76. The van der Waals surface area contributed by atoms with Gasteiger partial charge in [0.05, 0.1) is 23.3 Å². The number of rotatable bonds is 3. The van der Waals surface area contributed by atoms with E-state index in [9.17, 15) is 0 Å². The maximum Gasteiger partial charge on any atom is 0.138 e. The van der Waals surface area contributed by atoms with Gasteiger partial charge in [-0.2, -0.15) is 0 Å². The van der Waals surface area contributed by atoms with Gasteiger partial charge in [-0.05, 0) is 32.0 Å². The SMILES string of the molecule is CCc1nc2cc(N)ccc2n1Cc1c(C)noc1C. The second kappa shape index (κ2) is 4.67. The van der Waals surface area contributed by atoms with Gasteiger partial charge in [0.15, 0.2) is 0 Å². The lowest BCUT2D eigenvalue weighted by atomic mass is 10.2. The van der Waals surface area contributed by atoms with Crippen molar-refractivity contribution in [3.8, 4) is 0 Å². The lowest BCUT2D eigenvalue weighted by Gasteiger charge is -2.08. The molecule has 20 heavy (non-hydrogen) atoms. The van der Waals surface area contributed by atoms with E-state index in [1.165, 1.54) is 0 Å². The summed E-state index contributed by atoms with van der Waals surface area (Å²) < 4.78 is 7.45. The summed E-state index contributed by atoms with van der Waals surface area (Å²) in [5, 5.41) is 4.02. The topological polar surface area (TPSA) is 69.9 Å². The van der Waals surface area contributed by atoms with Crippen LogP contribution in [0.3, 0.4) is 0 Å². The van der Waals surface area contributed by atoms with Gasteiger partial charge in [-0.1, -0.05) is 12.1 Å². The van der Waals surface area contributed by atoms with E-state index in [4.69, 9.17) is 10.3 Å². The van der Waals surface area contributed by atoms with Crippen LogP contribution in [0.25, 0.3) is 11.0 Å². The lowest BCUT2D eigenvalue weighted by Crippen LogP contribution is -2.05. The van der Waals surface area contributed by atoms with Crippen LogP contribution in [0.2, 0.25) is 0 Å². The Labute approximate surface area is 117 Å². The smallest absolute Gasteiger partial charge is 0.138 e. The number of aromatic nitrogens is 3. The third kappa shape index (κ3) is 1.95. The fraction of sp³-hybridized carbons (Fsp3) is 0.333. The quantitative estimate of drug-likeness (QED) is 0.743. The molecule has 0 aliphatic heterocycles. The number of imidazole rings is 1. The van der Waals surface area contributed by atoms with Crippen molar-refractivity contribution in [1.82, 2.24) is 14.7 Å². The summed E-state index contributed by atoms with van der Waals surface area (Å²) in [5.41, 5.74) is 10.7. The van der Waals surface area contributed by atoms with Crippen molar-refractivity contribution in [2.75, 3.05) is 5.73 Å². The van der Waals surface area contributed by atoms with Crippen LogP contribution < -0.4 is 5.73 Å². The lowest BCUT2D eigenvalue weighted by molar-refractivity contribution is 0.392. The molecule has 0 bridgehead atoms. The molecule has 2 heterocycles. The van der Waals surface area contributed by atoms with Crippen molar-refractivity contribution < 1.29 is 4.52 Å². The molecule has 2 N–H and O–H groups in total. The molecule has 0 atom stereocenters. The molecular formula is C15H18N4O. The molecule has 1 aromatic carbocycles. The Hall–Kier alpha value is -2.30. The van der Waals surface area contributed by atoms with E-state index < -0.39 is 0 Å². The van der Waals surface area contributed by atoms with Crippen LogP contribution in [0.4, 0.5) is 5.69 Å². The normalized spacial score (nSPS) is 11.3. The fourth-order valence-electron chi connectivity index (χ4n) is 2.53. The summed E-state index contributed by atoms with van der Waals surface area (Å²) in [7, 11) is 0. The monoisotopic (exact) mass is 270 g/mol. The van der Waals surface area contributed by atoms with Crippen molar-refractivity contribution in [2.45, 2.75) is 33.7 Å². The molecule has 0 aliphatic rings. The Kier molecular flexibility index (Phi) is 2.97. The molecule has 3 rings (SSSR count).